The Morgan fingerprint density at radius 1 is 0.917 bits per heavy atom. The number of hydrogen-bond donors (Lipinski definition) is 2. The SMILES string of the molecule is COc1ccc(-c2nc(NC(=O)c3ccc(-c4nnc(-c5cccc(C)c5)o4)cc3)n[nH]2)c(OC)c1. The van der Waals surface area contributed by atoms with E-state index in [1.54, 1.807) is 56.7 Å². The Morgan fingerprint density at radius 2 is 1.69 bits per heavy atom. The van der Waals surface area contributed by atoms with Gasteiger partial charge in [0.2, 0.25) is 17.7 Å². The molecule has 0 saturated carbocycles. The first-order valence-corrected chi connectivity index (χ1v) is 11.0. The van der Waals surface area contributed by atoms with E-state index in [0.717, 1.165) is 11.1 Å². The molecule has 0 atom stereocenters. The molecule has 2 N–H and O–H groups in total. The summed E-state index contributed by atoms with van der Waals surface area (Å²) in [6.07, 6.45) is 0. The molecule has 3 aromatic carbocycles. The van der Waals surface area contributed by atoms with Gasteiger partial charge in [-0.1, -0.05) is 17.7 Å². The average molecular weight is 483 g/mol. The molecular weight excluding hydrogens is 460 g/mol. The van der Waals surface area contributed by atoms with E-state index in [9.17, 15) is 4.79 Å². The Labute approximate surface area is 206 Å². The molecule has 2 heterocycles. The molecule has 5 rings (SSSR count). The van der Waals surface area contributed by atoms with Crippen LogP contribution in [-0.2, 0) is 0 Å². The van der Waals surface area contributed by atoms with Crippen LogP contribution in [0.25, 0.3) is 34.3 Å². The highest BCUT2D eigenvalue weighted by atomic mass is 16.5. The van der Waals surface area contributed by atoms with Gasteiger partial charge in [0.1, 0.15) is 11.5 Å². The number of methoxy groups -OCH3 is 2. The van der Waals surface area contributed by atoms with Crippen LogP contribution in [0.4, 0.5) is 5.95 Å². The predicted octanol–water partition coefficient (Wildman–Crippen LogP) is 4.77. The predicted molar refractivity (Wildman–Crippen MR) is 133 cm³/mol. The van der Waals surface area contributed by atoms with E-state index < -0.39 is 0 Å². The lowest BCUT2D eigenvalue weighted by molar-refractivity contribution is 0.102. The van der Waals surface area contributed by atoms with Crippen molar-refractivity contribution in [3.8, 4) is 45.8 Å². The van der Waals surface area contributed by atoms with Gasteiger partial charge in [0.25, 0.3) is 5.91 Å². The van der Waals surface area contributed by atoms with E-state index in [2.05, 4.69) is 30.7 Å². The van der Waals surface area contributed by atoms with Crippen molar-refractivity contribution in [1.29, 1.82) is 0 Å². The molecule has 0 aliphatic heterocycles. The van der Waals surface area contributed by atoms with Crippen LogP contribution >= 0.6 is 0 Å². The molecule has 0 radical (unpaired) electrons. The zero-order valence-electron chi connectivity index (χ0n) is 19.8. The van der Waals surface area contributed by atoms with E-state index in [-0.39, 0.29) is 11.9 Å². The fourth-order valence-electron chi connectivity index (χ4n) is 3.60. The number of carbonyl (C=O) groups is 1. The molecule has 2 aromatic heterocycles. The highest BCUT2D eigenvalue weighted by molar-refractivity contribution is 6.03. The van der Waals surface area contributed by atoms with E-state index in [1.807, 2.05) is 31.2 Å². The Balaban J connectivity index is 1.29. The van der Waals surface area contributed by atoms with Crippen molar-refractivity contribution in [2.45, 2.75) is 6.92 Å². The molecular formula is C26H22N6O4. The highest BCUT2D eigenvalue weighted by Crippen LogP contribution is 2.31. The van der Waals surface area contributed by atoms with E-state index in [1.165, 1.54) is 0 Å². The number of amides is 1. The van der Waals surface area contributed by atoms with Gasteiger partial charge in [0, 0.05) is 22.8 Å². The van der Waals surface area contributed by atoms with E-state index >= 15 is 0 Å². The summed E-state index contributed by atoms with van der Waals surface area (Å²) >= 11 is 0. The minimum atomic E-state index is -0.361. The molecule has 10 heteroatoms. The maximum absolute atomic E-state index is 12.7. The molecule has 0 unspecified atom stereocenters. The van der Waals surface area contributed by atoms with Gasteiger partial charge in [0.05, 0.1) is 19.8 Å². The number of benzene rings is 3. The largest absolute Gasteiger partial charge is 0.497 e. The zero-order chi connectivity index (χ0) is 25.1. The van der Waals surface area contributed by atoms with Crippen molar-refractivity contribution in [1.82, 2.24) is 25.4 Å². The summed E-state index contributed by atoms with van der Waals surface area (Å²) in [6.45, 7) is 2.00. The number of aromatic nitrogens is 5. The van der Waals surface area contributed by atoms with Crippen LogP contribution < -0.4 is 14.8 Å². The minimum absolute atomic E-state index is 0.136. The topological polar surface area (TPSA) is 128 Å². The Morgan fingerprint density at radius 3 is 2.42 bits per heavy atom. The van der Waals surface area contributed by atoms with Crippen LogP contribution in [0.15, 0.2) is 71.1 Å². The molecule has 0 fully saturated rings. The van der Waals surface area contributed by atoms with Crippen molar-refractivity contribution >= 4 is 11.9 Å². The van der Waals surface area contributed by atoms with Gasteiger partial charge in [-0.15, -0.1) is 15.3 Å². The quantitative estimate of drug-likeness (QED) is 0.340. The third kappa shape index (κ3) is 4.64. The molecule has 10 nitrogen and oxygen atoms in total. The molecule has 0 spiro atoms. The summed E-state index contributed by atoms with van der Waals surface area (Å²) in [6, 6.07) is 20.0. The second-order valence-corrected chi connectivity index (χ2v) is 7.89. The Hall–Kier alpha value is -4.99. The fraction of sp³-hybridized carbons (Fsp3) is 0.115. The first kappa shape index (κ1) is 22.8. The minimum Gasteiger partial charge on any atom is -0.497 e. The Bertz CT molecular complexity index is 1520. The molecule has 36 heavy (non-hydrogen) atoms. The van der Waals surface area contributed by atoms with Gasteiger partial charge in [-0.05, 0) is 55.5 Å². The van der Waals surface area contributed by atoms with Crippen LogP contribution in [0.2, 0.25) is 0 Å². The van der Waals surface area contributed by atoms with Crippen LogP contribution in [0.5, 0.6) is 11.5 Å². The molecule has 5 aromatic rings. The van der Waals surface area contributed by atoms with Crippen molar-refractivity contribution in [2.24, 2.45) is 0 Å². The summed E-state index contributed by atoms with van der Waals surface area (Å²) in [5.41, 5.74) is 3.75. The number of hydrogen-bond acceptors (Lipinski definition) is 8. The molecule has 0 aliphatic rings. The average Bonchev–Trinajstić information content (AvgIpc) is 3.59. The van der Waals surface area contributed by atoms with Crippen molar-refractivity contribution in [3.63, 3.8) is 0 Å². The number of carbonyl (C=O) groups excluding carboxylic acids is 1. The Kier molecular flexibility index (Phi) is 6.14. The number of ether oxygens (including phenoxy) is 2. The van der Waals surface area contributed by atoms with Crippen molar-refractivity contribution < 1.29 is 18.7 Å². The molecule has 0 aliphatic carbocycles. The summed E-state index contributed by atoms with van der Waals surface area (Å²) in [4.78, 5) is 17.1. The van der Waals surface area contributed by atoms with Crippen LogP contribution in [0.1, 0.15) is 15.9 Å². The van der Waals surface area contributed by atoms with E-state index in [0.29, 0.717) is 45.8 Å². The first-order chi connectivity index (χ1) is 17.5. The van der Waals surface area contributed by atoms with Crippen molar-refractivity contribution in [2.75, 3.05) is 19.5 Å². The standard InChI is InChI=1S/C26H22N6O4/c1-15-5-4-6-18(13-15)25-31-30-24(36-25)17-9-7-16(8-10-17)23(33)28-26-27-22(29-32-26)20-12-11-19(34-2)14-21(20)35-3/h4-14H,1-3H3,(H2,27,28,29,32,33). The van der Waals surface area contributed by atoms with Crippen LogP contribution in [-0.4, -0.2) is 45.5 Å². The smallest absolute Gasteiger partial charge is 0.258 e. The summed E-state index contributed by atoms with van der Waals surface area (Å²) in [5.74, 6) is 2.23. The lowest BCUT2D eigenvalue weighted by Gasteiger charge is -2.07. The van der Waals surface area contributed by atoms with Crippen LogP contribution in [0.3, 0.4) is 0 Å². The number of rotatable bonds is 7. The van der Waals surface area contributed by atoms with E-state index in [4.69, 9.17) is 13.9 Å². The van der Waals surface area contributed by atoms with Gasteiger partial charge in [0.15, 0.2) is 5.82 Å². The number of nitrogens with one attached hydrogen (secondary N) is 2. The maximum Gasteiger partial charge on any atom is 0.258 e. The number of nitrogens with zero attached hydrogens (tertiary/aromatic N) is 4. The zero-order valence-corrected chi connectivity index (χ0v) is 19.8. The first-order valence-electron chi connectivity index (χ1n) is 11.0. The molecule has 1 amide bonds. The number of aryl methyl sites for hydroxylation is 1. The second kappa shape index (κ2) is 9.71. The lowest BCUT2D eigenvalue weighted by atomic mass is 10.1. The molecule has 0 saturated heterocycles. The summed E-state index contributed by atoms with van der Waals surface area (Å²) < 4.78 is 16.4. The number of anilines is 1. The highest BCUT2D eigenvalue weighted by Gasteiger charge is 2.16. The third-order valence-corrected chi connectivity index (χ3v) is 5.46. The second-order valence-electron chi connectivity index (χ2n) is 7.89. The monoisotopic (exact) mass is 482 g/mol. The van der Waals surface area contributed by atoms with Crippen molar-refractivity contribution in [3.05, 3.63) is 77.9 Å². The van der Waals surface area contributed by atoms with Gasteiger partial charge in [-0.25, -0.2) is 0 Å². The normalized spacial score (nSPS) is 10.8. The summed E-state index contributed by atoms with van der Waals surface area (Å²) in [7, 11) is 3.13. The van der Waals surface area contributed by atoms with Gasteiger partial charge in [-0.2, -0.15) is 4.98 Å². The van der Waals surface area contributed by atoms with Gasteiger partial charge >= 0.3 is 0 Å². The van der Waals surface area contributed by atoms with Gasteiger partial charge in [-0.3, -0.25) is 15.2 Å². The summed E-state index contributed by atoms with van der Waals surface area (Å²) in [5, 5.41) is 17.9. The van der Waals surface area contributed by atoms with Crippen LogP contribution in [0, 0.1) is 6.92 Å². The molecule has 180 valence electrons. The lowest BCUT2D eigenvalue weighted by Crippen LogP contribution is -2.12. The van der Waals surface area contributed by atoms with Gasteiger partial charge < -0.3 is 13.9 Å². The number of H-pyrrole nitrogens is 1. The third-order valence-electron chi connectivity index (χ3n) is 5.46. The number of aromatic amines is 1. The molecule has 0 bridgehead atoms. The fourth-order valence-corrected chi connectivity index (χ4v) is 3.60. The maximum atomic E-state index is 12.7.